The molecule has 0 N–H and O–H groups in total. The highest BCUT2D eigenvalue weighted by Crippen LogP contribution is 2.46. The van der Waals surface area contributed by atoms with E-state index in [1.165, 1.54) is 67.8 Å². The maximum absolute atomic E-state index is 2.43. The zero-order valence-electron chi connectivity index (χ0n) is 17.6. The first-order chi connectivity index (χ1) is 16.3. The summed E-state index contributed by atoms with van der Waals surface area (Å²) in [4.78, 5) is 0. The van der Waals surface area contributed by atoms with Crippen molar-refractivity contribution in [3.05, 3.63) is 103 Å². The molecule has 0 fully saturated rings. The van der Waals surface area contributed by atoms with E-state index in [1.54, 1.807) is 0 Å². The Kier molecular flexibility index (Phi) is 3.48. The van der Waals surface area contributed by atoms with Crippen molar-refractivity contribution in [3.8, 4) is 5.69 Å². The number of hydrogen-bond acceptors (Lipinski definition) is 2. The second-order valence-corrected chi connectivity index (χ2v) is 10.7. The van der Waals surface area contributed by atoms with Gasteiger partial charge >= 0.3 is 0 Å². The van der Waals surface area contributed by atoms with Crippen LogP contribution in [0.2, 0.25) is 0 Å². The van der Waals surface area contributed by atoms with E-state index in [4.69, 9.17) is 0 Å². The number of aromatic nitrogens is 1. The molecule has 0 spiro atoms. The Morgan fingerprint density at radius 1 is 0.455 bits per heavy atom. The van der Waals surface area contributed by atoms with Crippen molar-refractivity contribution in [1.29, 1.82) is 0 Å². The number of fused-ring (bicyclic) bond motifs is 9. The molecule has 8 rings (SSSR count). The Labute approximate surface area is 197 Å². The fourth-order valence-corrected chi connectivity index (χ4v) is 7.92. The number of para-hydroxylation sites is 1. The Balaban J connectivity index is 1.52. The molecule has 3 heteroatoms. The van der Waals surface area contributed by atoms with Gasteiger partial charge in [0.2, 0.25) is 0 Å². The molecule has 0 bridgehead atoms. The number of thiophene rings is 2. The first kappa shape index (κ1) is 17.8. The lowest BCUT2D eigenvalue weighted by atomic mass is 10.1. The maximum atomic E-state index is 2.43. The van der Waals surface area contributed by atoms with Crippen molar-refractivity contribution >= 4 is 84.8 Å². The van der Waals surface area contributed by atoms with Gasteiger partial charge in [0.25, 0.3) is 0 Å². The third-order valence-corrected chi connectivity index (χ3v) is 9.29. The Morgan fingerprint density at radius 2 is 1.18 bits per heavy atom. The number of benzene rings is 5. The molecule has 0 radical (unpaired) electrons. The Hall–Kier alpha value is -3.66. The van der Waals surface area contributed by atoms with Gasteiger partial charge in [0.1, 0.15) is 0 Å². The molecule has 0 saturated heterocycles. The van der Waals surface area contributed by atoms with Gasteiger partial charge in [-0.15, -0.1) is 22.7 Å². The van der Waals surface area contributed by atoms with E-state index < -0.39 is 0 Å². The normalized spacial score (nSPS) is 12.2. The summed E-state index contributed by atoms with van der Waals surface area (Å²) >= 11 is 3.85. The fraction of sp³-hybridized carbons (Fsp3) is 0. The Morgan fingerprint density at radius 3 is 2.12 bits per heavy atom. The first-order valence-corrected chi connectivity index (χ1v) is 12.7. The summed E-state index contributed by atoms with van der Waals surface area (Å²) < 4.78 is 8.00. The summed E-state index contributed by atoms with van der Waals surface area (Å²) in [5.41, 5.74) is 3.74. The average Bonchev–Trinajstić information content (AvgIpc) is 3.50. The largest absolute Gasteiger partial charge is 0.309 e. The summed E-state index contributed by atoms with van der Waals surface area (Å²) in [5.74, 6) is 0. The second kappa shape index (κ2) is 6.44. The molecule has 0 aliphatic heterocycles. The van der Waals surface area contributed by atoms with Crippen LogP contribution in [0.25, 0.3) is 67.8 Å². The topological polar surface area (TPSA) is 4.93 Å². The zero-order valence-corrected chi connectivity index (χ0v) is 19.2. The highest BCUT2D eigenvalue weighted by atomic mass is 32.1. The minimum Gasteiger partial charge on any atom is -0.309 e. The lowest BCUT2D eigenvalue weighted by Gasteiger charge is -2.09. The Bertz CT molecular complexity index is 2030. The van der Waals surface area contributed by atoms with Gasteiger partial charge in [0.15, 0.2) is 0 Å². The minimum absolute atomic E-state index is 1.21. The van der Waals surface area contributed by atoms with Crippen LogP contribution in [0.4, 0.5) is 0 Å². The van der Waals surface area contributed by atoms with E-state index in [9.17, 15) is 0 Å². The molecule has 3 aromatic heterocycles. The second-order valence-electron chi connectivity index (χ2n) is 8.61. The summed E-state index contributed by atoms with van der Waals surface area (Å²) in [7, 11) is 0. The molecular weight excluding hydrogens is 438 g/mol. The van der Waals surface area contributed by atoms with E-state index in [0.29, 0.717) is 0 Å². The summed E-state index contributed by atoms with van der Waals surface area (Å²) in [6, 6.07) is 37.8. The average molecular weight is 456 g/mol. The molecule has 0 amide bonds. The molecule has 33 heavy (non-hydrogen) atoms. The van der Waals surface area contributed by atoms with Crippen LogP contribution in [0.3, 0.4) is 0 Å². The van der Waals surface area contributed by atoms with E-state index in [-0.39, 0.29) is 0 Å². The SMILES string of the molecule is c1ccc2cc(-n3c4ccccc4c4cc5c(cc43)sc3c4ccccc4sc53)ccc2c1. The molecule has 5 aromatic carbocycles. The van der Waals surface area contributed by atoms with Crippen LogP contribution < -0.4 is 0 Å². The van der Waals surface area contributed by atoms with E-state index in [2.05, 4.69) is 108 Å². The van der Waals surface area contributed by atoms with Crippen LogP contribution in [0.15, 0.2) is 103 Å². The van der Waals surface area contributed by atoms with Crippen LogP contribution in [-0.4, -0.2) is 4.57 Å². The summed E-state index contributed by atoms with van der Waals surface area (Å²) in [5, 5.41) is 7.93. The van der Waals surface area contributed by atoms with Gasteiger partial charge in [0, 0.05) is 36.6 Å². The zero-order chi connectivity index (χ0) is 21.5. The molecule has 1 nitrogen and oxygen atoms in total. The van der Waals surface area contributed by atoms with Gasteiger partial charge in [-0.1, -0.05) is 66.7 Å². The monoisotopic (exact) mass is 455 g/mol. The molecule has 0 aliphatic rings. The molecule has 0 aliphatic carbocycles. The first-order valence-electron chi connectivity index (χ1n) is 11.1. The van der Waals surface area contributed by atoms with Gasteiger partial charge in [-0.2, -0.15) is 0 Å². The highest BCUT2D eigenvalue weighted by Gasteiger charge is 2.17. The van der Waals surface area contributed by atoms with Crippen molar-refractivity contribution in [2.45, 2.75) is 0 Å². The van der Waals surface area contributed by atoms with E-state index in [1.807, 2.05) is 22.7 Å². The van der Waals surface area contributed by atoms with Crippen LogP contribution in [-0.2, 0) is 0 Å². The van der Waals surface area contributed by atoms with Gasteiger partial charge in [-0.25, -0.2) is 0 Å². The van der Waals surface area contributed by atoms with Crippen molar-refractivity contribution in [1.82, 2.24) is 4.57 Å². The smallest absolute Gasteiger partial charge is 0.0555 e. The lowest BCUT2D eigenvalue weighted by Crippen LogP contribution is -1.93. The van der Waals surface area contributed by atoms with E-state index >= 15 is 0 Å². The van der Waals surface area contributed by atoms with Crippen molar-refractivity contribution in [3.63, 3.8) is 0 Å². The minimum atomic E-state index is 1.21. The number of rotatable bonds is 1. The third kappa shape index (κ3) is 2.41. The van der Waals surface area contributed by atoms with Gasteiger partial charge in [-0.05, 0) is 47.2 Å². The molecular formula is C30H17NS2. The molecule has 0 saturated carbocycles. The summed E-state index contributed by atoms with van der Waals surface area (Å²) in [6.07, 6.45) is 0. The fourth-order valence-electron chi connectivity index (χ4n) is 5.26. The molecule has 8 aromatic rings. The lowest BCUT2D eigenvalue weighted by molar-refractivity contribution is 1.19. The van der Waals surface area contributed by atoms with Gasteiger partial charge in [0.05, 0.1) is 20.4 Å². The van der Waals surface area contributed by atoms with Crippen LogP contribution in [0, 0.1) is 0 Å². The van der Waals surface area contributed by atoms with Gasteiger partial charge in [-0.3, -0.25) is 0 Å². The predicted octanol–water partition coefficient (Wildman–Crippen LogP) is 9.52. The third-order valence-electron chi connectivity index (χ3n) is 6.77. The number of hydrogen-bond donors (Lipinski definition) is 0. The van der Waals surface area contributed by atoms with Gasteiger partial charge < -0.3 is 4.57 Å². The molecule has 3 heterocycles. The number of nitrogens with zero attached hydrogens (tertiary/aromatic N) is 1. The van der Waals surface area contributed by atoms with Crippen LogP contribution in [0.5, 0.6) is 0 Å². The molecule has 154 valence electrons. The predicted molar refractivity (Wildman–Crippen MR) is 147 cm³/mol. The van der Waals surface area contributed by atoms with Crippen molar-refractivity contribution < 1.29 is 0 Å². The summed E-state index contributed by atoms with van der Waals surface area (Å²) in [6.45, 7) is 0. The standard InChI is InChI=1S/C30H17NS2/c1-2-8-19-15-20(14-13-18(19)7-1)31-25-11-5-3-9-21(25)23-16-24-28(17-26(23)31)33-29-22-10-4-6-12-27(22)32-30(24)29/h1-17H. The van der Waals surface area contributed by atoms with Crippen LogP contribution in [0.1, 0.15) is 0 Å². The highest BCUT2D eigenvalue weighted by molar-refractivity contribution is 7.36. The quantitative estimate of drug-likeness (QED) is 0.232. The molecule has 0 atom stereocenters. The van der Waals surface area contributed by atoms with Crippen molar-refractivity contribution in [2.75, 3.05) is 0 Å². The van der Waals surface area contributed by atoms with Crippen LogP contribution >= 0.6 is 22.7 Å². The maximum Gasteiger partial charge on any atom is 0.0555 e. The van der Waals surface area contributed by atoms with E-state index in [0.717, 1.165) is 0 Å². The van der Waals surface area contributed by atoms with Crippen molar-refractivity contribution in [2.24, 2.45) is 0 Å². The molecule has 0 unspecified atom stereocenters.